The molecule has 1 aliphatic heterocycles. The molecule has 186 valence electrons. The number of anilines is 1. The van der Waals surface area contributed by atoms with E-state index in [0.29, 0.717) is 58.0 Å². The number of thiophene rings is 1. The second kappa shape index (κ2) is 9.44. The number of benzene rings is 1. The third-order valence-corrected chi connectivity index (χ3v) is 9.97. The van der Waals surface area contributed by atoms with Crippen LogP contribution in [0.3, 0.4) is 0 Å². The van der Waals surface area contributed by atoms with E-state index in [4.69, 9.17) is 4.52 Å². The monoisotopic (exact) mass is 518 g/mol. The van der Waals surface area contributed by atoms with Gasteiger partial charge in [0, 0.05) is 29.6 Å². The Bertz CT molecular complexity index is 1360. The van der Waals surface area contributed by atoms with Gasteiger partial charge in [0.2, 0.25) is 27.6 Å². The summed E-state index contributed by atoms with van der Waals surface area (Å²) in [7, 11) is -3.81. The van der Waals surface area contributed by atoms with Gasteiger partial charge in [-0.15, -0.1) is 11.3 Å². The van der Waals surface area contributed by atoms with E-state index in [2.05, 4.69) is 15.5 Å². The van der Waals surface area contributed by atoms with Gasteiger partial charge in [-0.3, -0.25) is 4.79 Å². The molecular weight excluding hydrogens is 491 g/mol. The molecule has 1 atom stereocenters. The van der Waals surface area contributed by atoms with Gasteiger partial charge >= 0.3 is 0 Å². The maximum absolute atomic E-state index is 13.5. The van der Waals surface area contributed by atoms with E-state index in [1.165, 1.54) is 33.8 Å². The van der Waals surface area contributed by atoms with E-state index < -0.39 is 15.9 Å². The molecule has 35 heavy (non-hydrogen) atoms. The van der Waals surface area contributed by atoms with Crippen LogP contribution in [-0.4, -0.2) is 41.9 Å². The largest absolute Gasteiger partial charge is 0.339 e. The van der Waals surface area contributed by atoms with Crippen molar-refractivity contribution in [1.29, 1.82) is 0 Å². The third kappa shape index (κ3) is 4.76. The summed E-state index contributed by atoms with van der Waals surface area (Å²) in [6, 6.07) is 5.76. The fourth-order valence-corrected chi connectivity index (χ4v) is 7.51. The van der Waals surface area contributed by atoms with Crippen LogP contribution in [0, 0.1) is 25.6 Å². The lowest BCUT2D eigenvalue weighted by molar-refractivity contribution is -0.120. The topological polar surface area (TPSA) is 105 Å². The first-order valence-corrected chi connectivity index (χ1v) is 14.0. The zero-order chi connectivity index (χ0) is 24.7. The van der Waals surface area contributed by atoms with Crippen molar-refractivity contribution in [2.75, 3.05) is 18.4 Å². The number of hydrogen-bond acceptors (Lipinski definition) is 7. The summed E-state index contributed by atoms with van der Waals surface area (Å²) in [6.45, 7) is 3.92. The highest BCUT2D eigenvalue weighted by Gasteiger charge is 2.35. The number of hydrogen-bond donors (Lipinski definition) is 1. The Hall–Kier alpha value is -2.63. The van der Waals surface area contributed by atoms with Gasteiger partial charge in [-0.25, -0.2) is 12.8 Å². The summed E-state index contributed by atoms with van der Waals surface area (Å²) in [5, 5.41) is 6.89. The van der Waals surface area contributed by atoms with Crippen molar-refractivity contribution in [1.82, 2.24) is 14.4 Å². The lowest BCUT2D eigenvalue weighted by Crippen LogP contribution is -2.43. The van der Waals surface area contributed by atoms with Crippen molar-refractivity contribution in [3.63, 3.8) is 0 Å². The number of sulfonamides is 1. The van der Waals surface area contributed by atoms with Gasteiger partial charge in [0.1, 0.15) is 5.82 Å². The predicted octanol–water partition coefficient (Wildman–Crippen LogP) is 4.86. The quantitative estimate of drug-likeness (QED) is 0.500. The van der Waals surface area contributed by atoms with E-state index in [1.807, 2.05) is 0 Å². The highest BCUT2D eigenvalue weighted by molar-refractivity contribution is 7.89. The lowest BCUT2D eigenvalue weighted by atomic mass is 9.85. The minimum atomic E-state index is -3.81. The number of carbonyl (C=O) groups is 1. The molecule has 2 fully saturated rings. The van der Waals surface area contributed by atoms with Crippen LogP contribution in [0.2, 0.25) is 0 Å². The number of amides is 1. The minimum absolute atomic E-state index is 0.0903. The molecule has 1 saturated carbocycles. The van der Waals surface area contributed by atoms with E-state index in [0.717, 1.165) is 19.3 Å². The first-order chi connectivity index (χ1) is 16.7. The van der Waals surface area contributed by atoms with Crippen LogP contribution < -0.4 is 5.32 Å². The number of piperidine rings is 1. The van der Waals surface area contributed by atoms with Gasteiger partial charge in [0.25, 0.3) is 0 Å². The van der Waals surface area contributed by atoms with Crippen LogP contribution in [-0.2, 0) is 14.8 Å². The fourth-order valence-electron chi connectivity index (χ4n) is 4.50. The van der Waals surface area contributed by atoms with Gasteiger partial charge in [-0.1, -0.05) is 11.6 Å². The summed E-state index contributed by atoms with van der Waals surface area (Å²) >= 11 is 1.32. The summed E-state index contributed by atoms with van der Waals surface area (Å²) in [5.41, 5.74) is 1.14. The first-order valence-electron chi connectivity index (χ1n) is 11.7. The Balaban J connectivity index is 1.32. The average molecular weight is 519 g/mol. The van der Waals surface area contributed by atoms with Crippen LogP contribution in [0.25, 0.3) is 10.7 Å². The minimum Gasteiger partial charge on any atom is -0.339 e. The predicted molar refractivity (Wildman–Crippen MR) is 130 cm³/mol. The van der Waals surface area contributed by atoms with Gasteiger partial charge in [0.15, 0.2) is 0 Å². The standard InChI is InChI=1S/C24H27FN4O4S2/c1-14-11-18(25)8-9-19(14)26-23(30)17-7-4-10-29(13-17)35(31,32)21-12-20(34-15(21)2)22-27-24(33-28-22)16-5-3-6-16/h8-9,11-12,16-17H,3-7,10,13H2,1-2H3,(H,26,30). The number of aryl methyl sites for hydroxylation is 2. The van der Waals surface area contributed by atoms with Crippen molar-refractivity contribution < 1.29 is 22.1 Å². The number of nitrogens with zero attached hydrogens (tertiary/aromatic N) is 3. The second-order valence-corrected chi connectivity index (χ2v) is 12.4. The van der Waals surface area contributed by atoms with E-state index in [-0.39, 0.29) is 23.2 Å². The molecule has 1 aromatic carbocycles. The van der Waals surface area contributed by atoms with E-state index >= 15 is 0 Å². The molecule has 1 N–H and O–H groups in total. The molecule has 0 radical (unpaired) electrons. The summed E-state index contributed by atoms with van der Waals surface area (Å²) in [4.78, 5) is 18.9. The van der Waals surface area contributed by atoms with Crippen LogP contribution in [0.5, 0.6) is 0 Å². The van der Waals surface area contributed by atoms with Gasteiger partial charge in [0.05, 0.1) is 15.7 Å². The Morgan fingerprint density at radius 1 is 1.20 bits per heavy atom. The molecule has 11 heteroatoms. The van der Waals surface area contributed by atoms with Crippen molar-refractivity contribution in [2.24, 2.45) is 5.92 Å². The molecule has 5 rings (SSSR count). The fraction of sp³-hybridized carbons (Fsp3) is 0.458. The number of rotatable bonds is 6. The zero-order valence-electron chi connectivity index (χ0n) is 19.6. The Labute approximate surface area is 207 Å². The van der Waals surface area contributed by atoms with Crippen molar-refractivity contribution in [3.8, 4) is 10.7 Å². The van der Waals surface area contributed by atoms with Gasteiger partial charge in [-0.2, -0.15) is 9.29 Å². The molecule has 2 aliphatic rings. The van der Waals surface area contributed by atoms with Crippen LogP contribution >= 0.6 is 11.3 Å². The van der Waals surface area contributed by atoms with Crippen LogP contribution in [0.1, 0.15) is 54.4 Å². The Kier molecular flexibility index (Phi) is 6.49. The second-order valence-electron chi connectivity index (χ2n) is 9.27. The number of nitrogens with one attached hydrogen (secondary N) is 1. The molecule has 1 aliphatic carbocycles. The SMILES string of the molecule is Cc1cc(F)ccc1NC(=O)C1CCCN(S(=O)(=O)c2cc(-c3noc(C4CCC4)n3)sc2C)C1. The molecule has 0 spiro atoms. The summed E-state index contributed by atoms with van der Waals surface area (Å²) in [6.07, 6.45) is 4.38. The number of aromatic nitrogens is 2. The van der Waals surface area contributed by atoms with Gasteiger partial charge in [-0.05, 0) is 69.4 Å². The summed E-state index contributed by atoms with van der Waals surface area (Å²) < 4.78 is 47.2. The maximum Gasteiger partial charge on any atom is 0.244 e. The Morgan fingerprint density at radius 3 is 2.71 bits per heavy atom. The molecule has 3 heterocycles. The van der Waals surface area contributed by atoms with E-state index in [9.17, 15) is 17.6 Å². The molecule has 1 saturated heterocycles. The highest BCUT2D eigenvalue weighted by Crippen LogP contribution is 2.38. The molecule has 1 amide bonds. The van der Waals surface area contributed by atoms with Crippen molar-refractivity contribution in [3.05, 3.63) is 46.4 Å². The van der Waals surface area contributed by atoms with Crippen LogP contribution in [0.4, 0.5) is 10.1 Å². The molecule has 3 aromatic rings. The van der Waals surface area contributed by atoms with Crippen molar-refractivity contribution >= 4 is 33.0 Å². The van der Waals surface area contributed by atoms with Crippen LogP contribution in [0.15, 0.2) is 33.7 Å². The molecule has 8 nitrogen and oxygen atoms in total. The molecule has 0 bridgehead atoms. The van der Waals surface area contributed by atoms with E-state index in [1.54, 1.807) is 19.9 Å². The van der Waals surface area contributed by atoms with Gasteiger partial charge < -0.3 is 9.84 Å². The zero-order valence-corrected chi connectivity index (χ0v) is 21.2. The smallest absolute Gasteiger partial charge is 0.244 e. The molecule has 1 unspecified atom stereocenters. The molecule has 2 aromatic heterocycles. The summed E-state index contributed by atoms with van der Waals surface area (Å²) in [5.74, 6) is 0.188. The number of carbonyl (C=O) groups excluding carboxylic acids is 1. The molecular formula is C24H27FN4O4S2. The lowest BCUT2D eigenvalue weighted by Gasteiger charge is -2.31. The number of halogens is 1. The Morgan fingerprint density at radius 2 is 2.00 bits per heavy atom. The maximum atomic E-state index is 13.5. The normalized spacial score (nSPS) is 19.5. The van der Waals surface area contributed by atoms with Crippen molar-refractivity contribution in [2.45, 2.75) is 56.8 Å². The first kappa shape index (κ1) is 24.1. The third-order valence-electron chi connectivity index (χ3n) is 6.81. The average Bonchev–Trinajstić information content (AvgIpc) is 3.42. The highest BCUT2D eigenvalue weighted by atomic mass is 32.2.